The zero-order valence-electron chi connectivity index (χ0n) is 14.2. The quantitative estimate of drug-likeness (QED) is 0.774. The zero-order valence-corrected chi connectivity index (χ0v) is 14.9. The van der Waals surface area contributed by atoms with Gasteiger partial charge in [-0.2, -0.15) is 13.2 Å². The molecule has 1 aromatic heterocycles. The summed E-state index contributed by atoms with van der Waals surface area (Å²) < 4.78 is 43.5. The predicted molar refractivity (Wildman–Crippen MR) is 86.2 cm³/mol. The number of amides is 1. The van der Waals surface area contributed by atoms with Crippen LogP contribution in [0.5, 0.6) is 0 Å². The number of likely N-dealkylation sites (tertiary alicyclic amines) is 1. The number of rotatable bonds is 2. The largest absolute Gasteiger partial charge is 0.444 e. The average molecular weight is 381 g/mol. The lowest BCUT2D eigenvalue weighted by Gasteiger charge is -2.37. The Hall–Kier alpha value is -1.77. The molecule has 0 bridgehead atoms. The van der Waals surface area contributed by atoms with E-state index in [0.29, 0.717) is 19.2 Å². The molecule has 25 heavy (non-hydrogen) atoms. The third-order valence-electron chi connectivity index (χ3n) is 3.47. The van der Waals surface area contributed by atoms with Crippen LogP contribution in [0.25, 0.3) is 0 Å². The first-order valence-electron chi connectivity index (χ1n) is 7.83. The van der Waals surface area contributed by atoms with Gasteiger partial charge < -0.3 is 10.1 Å². The summed E-state index contributed by atoms with van der Waals surface area (Å²) in [7, 11) is 0. The minimum Gasteiger partial charge on any atom is -0.444 e. The monoisotopic (exact) mass is 380 g/mol. The van der Waals surface area contributed by atoms with E-state index in [9.17, 15) is 18.0 Å². The van der Waals surface area contributed by atoms with E-state index in [1.807, 2.05) is 0 Å². The van der Waals surface area contributed by atoms with Gasteiger partial charge in [-0.1, -0.05) is 11.6 Å². The highest BCUT2D eigenvalue weighted by molar-refractivity contribution is 6.30. The van der Waals surface area contributed by atoms with Crippen LogP contribution in [0.4, 0.5) is 23.9 Å². The molecule has 1 atom stereocenters. The minimum atomic E-state index is -4.62. The molecule has 10 heteroatoms. The van der Waals surface area contributed by atoms with Crippen LogP contribution in [0.3, 0.4) is 0 Å². The Morgan fingerprint density at radius 1 is 1.36 bits per heavy atom. The van der Waals surface area contributed by atoms with Crippen molar-refractivity contribution in [1.29, 1.82) is 0 Å². The molecule has 1 aliphatic heterocycles. The molecule has 1 aromatic rings. The van der Waals surface area contributed by atoms with Gasteiger partial charge in [-0.15, -0.1) is 0 Å². The Morgan fingerprint density at radius 3 is 2.60 bits per heavy atom. The van der Waals surface area contributed by atoms with Gasteiger partial charge >= 0.3 is 12.3 Å². The summed E-state index contributed by atoms with van der Waals surface area (Å²) in [6.07, 6.45) is -2.71. The summed E-state index contributed by atoms with van der Waals surface area (Å²) in [6, 6.07) is 0. The van der Waals surface area contributed by atoms with Crippen molar-refractivity contribution in [3.05, 3.63) is 16.9 Å². The number of ether oxygens (including phenoxy) is 1. The van der Waals surface area contributed by atoms with Gasteiger partial charge in [0.1, 0.15) is 22.5 Å². The second-order valence-electron chi connectivity index (χ2n) is 6.73. The van der Waals surface area contributed by atoms with E-state index in [1.54, 1.807) is 20.8 Å². The summed E-state index contributed by atoms with van der Waals surface area (Å²) in [5.41, 5.74) is -1.75. The third-order valence-corrected chi connectivity index (χ3v) is 3.76. The van der Waals surface area contributed by atoms with Crippen LogP contribution in [-0.2, 0) is 10.9 Å². The van der Waals surface area contributed by atoms with E-state index in [2.05, 4.69) is 15.3 Å². The maximum atomic E-state index is 12.7. The number of carbonyl (C=O) groups excluding carboxylic acids is 1. The fourth-order valence-electron chi connectivity index (χ4n) is 2.39. The van der Waals surface area contributed by atoms with Crippen molar-refractivity contribution in [3.8, 4) is 0 Å². The van der Waals surface area contributed by atoms with Crippen LogP contribution < -0.4 is 5.32 Å². The predicted octanol–water partition coefficient (Wildman–Crippen LogP) is 4.31. The normalized spacial score (nSPS) is 18.8. The van der Waals surface area contributed by atoms with Crippen molar-refractivity contribution in [2.75, 3.05) is 11.9 Å². The summed E-state index contributed by atoms with van der Waals surface area (Å²) in [6.45, 7) is 5.75. The second-order valence-corrected chi connectivity index (χ2v) is 7.08. The number of hydrogen-bond acceptors (Lipinski definition) is 5. The SMILES string of the molecule is CC(C)(C)OC(=O)N1CCCCC1Nc1ncc(C(F)(F)F)c(Cl)n1. The lowest BCUT2D eigenvalue weighted by molar-refractivity contribution is -0.137. The second kappa shape index (κ2) is 7.23. The van der Waals surface area contributed by atoms with Crippen LogP contribution >= 0.6 is 11.6 Å². The molecule has 0 aliphatic carbocycles. The van der Waals surface area contributed by atoms with Crippen molar-refractivity contribution in [2.45, 2.75) is 58.0 Å². The van der Waals surface area contributed by atoms with Crippen LogP contribution in [0, 0.1) is 0 Å². The van der Waals surface area contributed by atoms with E-state index < -0.39 is 34.8 Å². The molecule has 1 unspecified atom stereocenters. The summed E-state index contributed by atoms with van der Waals surface area (Å²) >= 11 is 5.60. The average Bonchev–Trinajstić information content (AvgIpc) is 2.44. The summed E-state index contributed by atoms with van der Waals surface area (Å²) in [5, 5.41) is 2.18. The van der Waals surface area contributed by atoms with E-state index in [4.69, 9.17) is 16.3 Å². The van der Waals surface area contributed by atoms with Gasteiger partial charge in [0.05, 0.1) is 0 Å². The van der Waals surface area contributed by atoms with E-state index >= 15 is 0 Å². The highest BCUT2D eigenvalue weighted by Crippen LogP contribution is 2.33. The van der Waals surface area contributed by atoms with Gasteiger partial charge in [-0.3, -0.25) is 4.90 Å². The van der Waals surface area contributed by atoms with Gasteiger partial charge in [0.2, 0.25) is 5.95 Å². The number of anilines is 1. The molecule has 1 saturated heterocycles. The van der Waals surface area contributed by atoms with Gasteiger partial charge in [0, 0.05) is 12.7 Å². The number of piperidine rings is 1. The van der Waals surface area contributed by atoms with Gasteiger partial charge in [-0.05, 0) is 40.0 Å². The number of aromatic nitrogens is 2. The van der Waals surface area contributed by atoms with Gasteiger partial charge in [-0.25, -0.2) is 14.8 Å². The maximum absolute atomic E-state index is 12.7. The topological polar surface area (TPSA) is 67.3 Å². The van der Waals surface area contributed by atoms with Crippen molar-refractivity contribution in [3.63, 3.8) is 0 Å². The number of halogens is 4. The molecule has 1 aliphatic rings. The van der Waals surface area contributed by atoms with Crippen molar-refractivity contribution in [1.82, 2.24) is 14.9 Å². The Bertz CT molecular complexity index is 634. The fourth-order valence-corrected chi connectivity index (χ4v) is 2.63. The molecule has 0 saturated carbocycles. The third kappa shape index (κ3) is 5.35. The van der Waals surface area contributed by atoms with Crippen LogP contribution in [0.1, 0.15) is 45.6 Å². The van der Waals surface area contributed by atoms with Crippen LogP contribution in [-0.4, -0.2) is 39.3 Å². The molecule has 140 valence electrons. The number of nitrogens with one attached hydrogen (secondary N) is 1. The highest BCUT2D eigenvalue weighted by Gasteiger charge is 2.35. The molecule has 2 heterocycles. The standard InChI is InChI=1S/C15H20ClF3N4O2/c1-14(2,3)25-13(24)23-7-5-4-6-10(23)21-12-20-8-9(11(16)22-12)15(17,18)19/h8,10H,4-7H2,1-3H3,(H,20,21,22). The maximum Gasteiger partial charge on any atom is 0.420 e. The molecule has 0 spiro atoms. The molecule has 2 rings (SSSR count). The number of alkyl halides is 3. The van der Waals surface area contributed by atoms with Crippen molar-refractivity contribution < 1.29 is 22.7 Å². The lowest BCUT2D eigenvalue weighted by atomic mass is 10.1. The molecule has 1 fully saturated rings. The molecular formula is C15H20ClF3N4O2. The van der Waals surface area contributed by atoms with E-state index in [1.165, 1.54) is 4.90 Å². The smallest absolute Gasteiger partial charge is 0.420 e. The first-order chi connectivity index (χ1) is 11.5. The van der Waals surface area contributed by atoms with Gasteiger partial charge in [0.25, 0.3) is 0 Å². The highest BCUT2D eigenvalue weighted by atomic mass is 35.5. The Balaban J connectivity index is 2.14. The molecule has 6 nitrogen and oxygen atoms in total. The van der Waals surface area contributed by atoms with E-state index in [0.717, 1.165) is 12.8 Å². The zero-order chi connectivity index (χ0) is 18.8. The molecule has 1 amide bonds. The number of carbonyl (C=O) groups is 1. The van der Waals surface area contributed by atoms with E-state index in [-0.39, 0.29) is 5.95 Å². The number of nitrogens with zero attached hydrogens (tertiary/aromatic N) is 3. The van der Waals surface area contributed by atoms with Crippen LogP contribution in [0.15, 0.2) is 6.20 Å². The Labute approximate surface area is 148 Å². The Kier molecular flexibility index (Phi) is 5.65. The molecule has 0 radical (unpaired) electrons. The van der Waals surface area contributed by atoms with Crippen LogP contribution in [0.2, 0.25) is 5.15 Å². The van der Waals surface area contributed by atoms with Gasteiger partial charge in [0.15, 0.2) is 0 Å². The lowest BCUT2D eigenvalue weighted by Crippen LogP contribution is -2.49. The fraction of sp³-hybridized carbons (Fsp3) is 0.667. The first kappa shape index (κ1) is 19.6. The summed E-state index contributed by atoms with van der Waals surface area (Å²) in [5.74, 6) is -0.0709. The van der Waals surface area contributed by atoms with Crippen molar-refractivity contribution >= 4 is 23.6 Å². The molecule has 1 N–H and O–H groups in total. The van der Waals surface area contributed by atoms with Crippen molar-refractivity contribution in [2.24, 2.45) is 0 Å². The summed E-state index contributed by atoms with van der Waals surface area (Å²) in [4.78, 5) is 21.1. The number of hydrogen-bond donors (Lipinski definition) is 1. The molecular weight excluding hydrogens is 361 g/mol. The molecule has 0 aromatic carbocycles. The minimum absolute atomic E-state index is 0.0709. The Morgan fingerprint density at radius 2 is 2.04 bits per heavy atom. The first-order valence-corrected chi connectivity index (χ1v) is 8.21.